The zero-order valence-electron chi connectivity index (χ0n) is 19.4. The number of rotatable bonds is 7. The number of nitrogens with one attached hydrogen (secondary N) is 1. The maximum atomic E-state index is 12.8. The minimum Gasteiger partial charge on any atom is -0.473 e. The second-order valence-corrected chi connectivity index (χ2v) is 10.7. The number of benzene rings is 1. The van der Waals surface area contributed by atoms with Gasteiger partial charge in [0.1, 0.15) is 12.0 Å². The van der Waals surface area contributed by atoms with Gasteiger partial charge in [-0.3, -0.25) is 9.59 Å². The Kier molecular flexibility index (Phi) is 6.70. The van der Waals surface area contributed by atoms with Crippen LogP contribution in [0.1, 0.15) is 72.8 Å². The fraction of sp³-hybridized carbons (Fsp3) is 0.417. The Morgan fingerprint density at radius 2 is 1.85 bits per heavy atom. The van der Waals surface area contributed by atoms with Gasteiger partial charge in [-0.15, -0.1) is 5.10 Å². The minimum absolute atomic E-state index is 0.0413. The predicted octanol–water partition coefficient (Wildman–Crippen LogP) is 3.89. The molecule has 180 valence electrons. The first-order valence-electron chi connectivity index (χ1n) is 11.3. The molecule has 3 aromatic rings. The van der Waals surface area contributed by atoms with E-state index >= 15 is 0 Å². The number of aldehydes is 1. The maximum Gasteiger partial charge on any atom is 0.283 e. The van der Waals surface area contributed by atoms with Crippen molar-refractivity contribution in [1.29, 1.82) is 0 Å². The molecule has 0 unspecified atom stereocenters. The number of carbonyl (C=O) groups is 2. The number of sulfonamides is 1. The average Bonchev–Trinajstić information content (AvgIpc) is 3.15. The van der Waals surface area contributed by atoms with E-state index < -0.39 is 15.9 Å². The highest BCUT2D eigenvalue weighted by atomic mass is 32.2. The van der Waals surface area contributed by atoms with Crippen LogP contribution in [0, 0.1) is 0 Å². The number of pyridine rings is 1. The van der Waals surface area contributed by atoms with Gasteiger partial charge in [0.25, 0.3) is 5.91 Å². The third-order valence-corrected chi connectivity index (χ3v) is 6.32. The second kappa shape index (κ2) is 9.54. The van der Waals surface area contributed by atoms with Crippen LogP contribution in [0.2, 0.25) is 0 Å². The molecule has 1 aliphatic rings. The van der Waals surface area contributed by atoms with E-state index in [2.05, 4.69) is 4.98 Å². The summed E-state index contributed by atoms with van der Waals surface area (Å²) in [6.07, 6.45) is 6.70. The zero-order chi connectivity index (χ0) is 24.5. The van der Waals surface area contributed by atoms with Crippen LogP contribution in [-0.2, 0) is 10.0 Å². The number of nitrogens with zero attached hydrogens (tertiary/aromatic N) is 3. The fourth-order valence-electron chi connectivity index (χ4n) is 4.30. The quantitative estimate of drug-likeness (QED) is 0.505. The van der Waals surface area contributed by atoms with Gasteiger partial charge < -0.3 is 4.74 Å². The van der Waals surface area contributed by atoms with E-state index in [0.29, 0.717) is 28.0 Å². The summed E-state index contributed by atoms with van der Waals surface area (Å²) in [6, 6.07) is 8.55. The Morgan fingerprint density at radius 3 is 2.44 bits per heavy atom. The summed E-state index contributed by atoms with van der Waals surface area (Å²) in [4.78, 5) is 28.5. The van der Waals surface area contributed by atoms with Crippen molar-refractivity contribution >= 4 is 33.3 Å². The molecule has 1 amide bonds. The molecule has 0 saturated heterocycles. The van der Waals surface area contributed by atoms with Crippen LogP contribution in [-0.4, -0.2) is 47.7 Å². The summed E-state index contributed by atoms with van der Waals surface area (Å²) >= 11 is 0. The van der Waals surface area contributed by atoms with Crippen molar-refractivity contribution in [3.8, 4) is 17.0 Å². The predicted molar refractivity (Wildman–Crippen MR) is 129 cm³/mol. The molecule has 0 spiro atoms. The number of amides is 1. The monoisotopic (exact) mass is 484 g/mol. The number of ether oxygens (including phenoxy) is 1. The molecular weight excluding hydrogens is 456 g/mol. The molecule has 1 aromatic carbocycles. The first-order valence-corrected chi connectivity index (χ1v) is 13.2. The molecule has 1 N–H and O–H groups in total. The first-order chi connectivity index (χ1) is 16.2. The molecule has 1 saturated carbocycles. The summed E-state index contributed by atoms with van der Waals surface area (Å²) in [5, 5.41) is 5.42. The topological polar surface area (TPSA) is 120 Å². The number of hydrogen-bond acceptors (Lipinski definition) is 7. The van der Waals surface area contributed by atoms with Gasteiger partial charge in [0.05, 0.1) is 23.8 Å². The van der Waals surface area contributed by atoms with Gasteiger partial charge in [0.15, 0.2) is 5.65 Å². The molecule has 2 heterocycles. The summed E-state index contributed by atoms with van der Waals surface area (Å²) in [5.41, 5.74) is 2.29. The van der Waals surface area contributed by atoms with Gasteiger partial charge in [-0.2, -0.15) is 0 Å². The van der Waals surface area contributed by atoms with Gasteiger partial charge in [-0.05, 0) is 38.3 Å². The maximum absolute atomic E-state index is 12.8. The lowest BCUT2D eigenvalue weighted by atomic mass is 9.95. The summed E-state index contributed by atoms with van der Waals surface area (Å²) < 4.78 is 33.3. The number of carbonyl (C=O) groups excluding carboxylic acids is 2. The van der Waals surface area contributed by atoms with Crippen LogP contribution < -0.4 is 9.46 Å². The average molecular weight is 485 g/mol. The standard InChI is InChI=1S/C24H28N4O5S/c1-15(2)33-24-21-19(17-11-9-16(14-29)10-12-17)13-20(23(30)27-34(3,31)32)25-22(21)28(26-24)18-7-5-4-6-8-18/h9-15,18H,4-8H2,1-3H3,(H,27,30). The fourth-order valence-corrected chi connectivity index (χ4v) is 4.74. The van der Waals surface area contributed by atoms with Crippen molar-refractivity contribution in [2.75, 3.05) is 6.26 Å². The lowest BCUT2D eigenvalue weighted by Crippen LogP contribution is -2.30. The molecule has 1 aliphatic carbocycles. The summed E-state index contributed by atoms with van der Waals surface area (Å²) in [7, 11) is -3.78. The SMILES string of the molecule is CC(C)Oc1nn(C2CCCCC2)c2nc(C(=O)NS(C)(=O)=O)cc(-c3ccc(C=O)cc3)c12. The van der Waals surface area contributed by atoms with Crippen LogP contribution in [0.3, 0.4) is 0 Å². The van der Waals surface area contributed by atoms with Gasteiger partial charge in [-0.25, -0.2) is 22.8 Å². The van der Waals surface area contributed by atoms with Crippen LogP contribution in [0.4, 0.5) is 0 Å². The molecule has 34 heavy (non-hydrogen) atoms. The smallest absolute Gasteiger partial charge is 0.283 e. The van der Waals surface area contributed by atoms with Crippen LogP contribution in [0.15, 0.2) is 30.3 Å². The molecule has 10 heteroatoms. The lowest BCUT2D eigenvalue weighted by Gasteiger charge is -2.22. The van der Waals surface area contributed by atoms with E-state index in [1.165, 1.54) is 0 Å². The van der Waals surface area contributed by atoms with Crippen molar-refractivity contribution in [2.45, 2.75) is 58.1 Å². The molecule has 2 aromatic heterocycles. The van der Waals surface area contributed by atoms with Gasteiger partial charge in [0, 0.05) is 11.1 Å². The number of fused-ring (bicyclic) bond motifs is 1. The van der Waals surface area contributed by atoms with Crippen molar-refractivity contribution in [3.63, 3.8) is 0 Å². The molecule has 0 atom stereocenters. The Hall–Kier alpha value is -3.27. The normalized spacial score (nSPS) is 14.9. The van der Waals surface area contributed by atoms with Crippen molar-refractivity contribution < 1.29 is 22.7 Å². The van der Waals surface area contributed by atoms with E-state index in [0.717, 1.165) is 50.2 Å². The molecule has 0 bridgehead atoms. The van der Waals surface area contributed by atoms with E-state index in [1.54, 1.807) is 30.3 Å². The molecule has 1 fully saturated rings. The summed E-state index contributed by atoms with van der Waals surface area (Å²) in [6.45, 7) is 3.82. The number of aromatic nitrogens is 3. The third kappa shape index (κ3) is 5.11. The molecule has 4 rings (SSSR count). The Labute approximate surface area is 198 Å². The van der Waals surface area contributed by atoms with E-state index in [1.807, 2.05) is 23.3 Å². The number of hydrogen-bond donors (Lipinski definition) is 1. The molecule has 0 aliphatic heterocycles. The van der Waals surface area contributed by atoms with Crippen LogP contribution in [0.5, 0.6) is 5.88 Å². The molecular formula is C24H28N4O5S. The Morgan fingerprint density at radius 1 is 1.18 bits per heavy atom. The van der Waals surface area contributed by atoms with E-state index in [4.69, 9.17) is 9.84 Å². The van der Waals surface area contributed by atoms with E-state index in [-0.39, 0.29) is 17.8 Å². The molecule has 0 radical (unpaired) electrons. The van der Waals surface area contributed by atoms with Crippen LogP contribution in [0.25, 0.3) is 22.2 Å². The lowest BCUT2D eigenvalue weighted by molar-refractivity contribution is 0.0976. The Bertz CT molecular complexity index is 1320. The van der Waals surface area contributed by atoms with Gasteiger partial charge >= 0.3 is 0 Å². The Balaban J connectivity index is 1.99. The van der Waals surface area contributed by atoms with Crippen molar-refractivity contribution in [1.82, 2.24) is 19.5 Å². The summed E-state index contributed by atoms with van der Waals surface area (Å²) in [5.74, 6) is -0.412. The van der Waals surface area contributed by atoms with Crippen molar-refractivity contribution in [3.05, 3.63) is 41.6 Å². The molecule has 9 nitrogen and oxygen atoms in total. The van der Waals surface area contributed by atoms with E-state index in [9.17, 15) is 18.0 Å². The van der Waals surface area contributed by atoms with Crippen molar-refractivity contribution in [2.24, 2.45) is 0 Å². The largest absolute Gasteiger partial charge is 0.473 e. The minimum atomic E-state index is -3.78. The zero-order valence-corrected chi connectivity index (χ0v) is 20.3. The first kappa shape index (κ1) is 23.9. The highest BCUT2D eigenvalue weighted by Gasteiger charge is 2.27. The second-order valence-electron chi connectivity index (χ2n) is 8.91. The highest BCUT2D eigenvalue weighted by molar-refractivity contribution is 7.89. The highest BCUT2D eigenvalue weighted by Crippen LogP contribution is 2.39. The van der Waals surface area contributed by atoms with Gasteiger partial charge in [-0.1, -0.05) is 43.5 Å². The third-order valence-electron chi connectivity index (χ3n) is 5.77. The van der Waals surface area contributed by atoms with Gasteiger partial charge in [0.2, 0.25) is 15.9 Å². The van der Waals surface area contributed by atoms with Crippen LogP contribution >= 0.6 is 0 Å².